The number of nitrogens with one attached hydrogen (secondary N) is 2. The van der Waals surface area contributed by atoms with Crippen molar-refractivity contribution in [2.24, 2.45) is 5.41 Å². The van der Waals surface area contributed by atoms with E-state index in [4.69, 9.17) is 5.11 Å². The molecule has 1 aromatic carbocycles. The van der Waals surface area contributed by atoms with Crippen LogP contribution in [0.1, 0.15) is 32.8 Å². The SMILES string of the molecule is CC(C)(C)CCNC(=O)Nc1ccc(/C=C/C(=O)O)cc1. The van der Waals surface area contributed by atoms with Gasteiger partial charge in [-0.15, -0.1) is 0 Å². The Bertz CT molecular complexity index is 513. The van der Waals surface area contributed by atoms with Gasteiger partial charge in [0.25, 0.3) is 0 Å². The van der Waals surface area contributed by atoms with Crippen LogP contribution >= 0.6 is 0 Å². The fourth-order valence-corrected chi connectivity index (χ4v) is 1.57. The molecule has 0 bridgehead atoms. The third kappa shape index (κ3) is 7.77. The molecule has 0 atom stereocenters. The molecule has 114 valence electrons. The van der Waals surface area contributed by atoms with Crippen LogP contribution in [-0.4, -0.2) is 23.7 Å². The normalized spacial score (nSPS) is 11.4. The van der Waals surface area contributed by atoms with Crippen molar-refractivity contribution < 1.29 is 14.7 Å². The van der Waals surface area contributed by atoms with E-state index in [0.29, 0.717) is 12.2 Å². The third-order valence-electron chi connectivity index (χ3n) is 2.75. The van der Waals surface area contributed by atoms with Crippen LogP contribution in [0.15, 0.2) is 30.3 Å². The first-order chi connectivity index (χ1) is 9.76. The minimum atomic E-state index is -0.990. The average molecular weight is 290 g/mol. The van der Waals surface area contributed by atoms with Gasteiger partial charge in [-0.05, 0) is 35.6 Å². The molecule has 0 spiro atoms. The van der Waals surface area contributed by atoms with Gasteiger partial charge in [0.2, 0.25) is 0 Å². The Kier molecular flexibility index (Phi) is 5.96. The molecular weight excluding hydrogens is 268 g/mol. The maximum absolute atomic E-state index is 11.7. The molecule has 0 radical (unpaired) electrons. The molecule has 1 aromatic rings. The van der Waals surface area contributed by atoms with Crippen molar-refractivity contribution in [3.63, 3.8) is 0 Å². The first kappa shape index (κ1) is 16.8. The van der Waals surface area contributed by atoms with E-state index in [1.807, 2.05) is 0 Å². The molecule has 0 fully saturated rings. The second-order valence-corrected chi connectivity index (χ2v) is 5.99. The summed E-state index contributed by atoms with van der Waals surface area (Å²) >= 11 is 0. The quantitative estimate of drug-likeness (QED) is 0.728. The Morgan fingerprint density at radius 2 is 1.81 bits per heavy atom. The van der Waals surface area contributed by atoms with Gasteiger partial charge in [-0.3, -0.25) is 0 Å². The van der Waals surface area contributed by atoms with E-state index in [2.05, 4.69) is 31.4 Å². The Labute approximate surface area is 125 Å². The summed E-state index contributed by atoms with van der Waals surface area (Å²) in [4.78, 5) is 22.1. The van der Waals surface area contributed by atoms with Gasteiger partial charge in [0.1, 0.15) is 0 Å². The number of urea groups is 1. The smallest absolute Gasteiger partial charge is 0.328 e. The third-order valence-corrected chi connectivity index (χ3v) is 2.75. The van der Waals surface area contributed by atoms with Crippen molar-refractivity contribution in [3.8, 4) is 0 Å². The number of aliphatic carboxylic acids is 1. The number of hydrogen-bond donors (Lipinski definition) is 3. The zero-order chi connectivity index (χ0) is 15.9. The highest BCUT2D eigenvalue weighted by Gasteiger charge is 2.10. The Balaban J connectivity index is 2.44. The first-order valence-corrected chi connectivity index (χ1v) is 6.82. The molecule has 0 aliphatic heterocycles. The van der Waals surface area contributed by atoms with Crippen molar-refractivity contribution in [1.29, 1.82) is 0 Å². The summed E-state index contributed by atoms with van der Waals surface area (Å²) in [5.41, 5.74) is 1.61. The highest BCUT2D eigenvalue weighted by atomic mass is 16.4. The van der Waals surface area contributed by atoms with Crippen LogP contribution < -0.4 is 10.6 Å². The molecule has 5 heteroatoms. The van der Waals surface area contributed by atoms with E-state index in [9.17, 15) is 9.59 Å². The van der Waals surface area contributed by atoms with E-state index in [0.717, 1.165) is 18.1 Å². The number of carboxylic acids is 1. The lowest BCUT2D eigenvalue weighted by molar-refractivity contribution is -0.131. The van der Waals surface area contributed by atoms with E-state index < -0.39 is 5.97 Å². The maximum atomic E-state index is 11.7. The van der Waals surface area contributed by atoms with Crippen molar-refractivity contribution in [1.82, 2.24) is 5.32 Å². The summed E-state index contributed by atoms with van der Waals surface area (Å²) in [6.45, 7) is 6.98. The van der Waals surface area contributed by atoms with E-state index in [1.165, 1.54) is 6.08 Å². The monoisotopic (exact) mass is 290 g/mol. The van der Waals surface area contributed by atoms with Crippen molar-refractivity contribution in [2.75, 3.05) is 11.9 Å². The van der Waals surface area contributed by atoms with Gasteiger partial charge in [0.15, 0.2) is 0 Å². The molecule has 2 amide bonds. The molecule has 0 aromatic heterocycles. The standard InChI is InChI=1S/C16H22N2O3/c1-16(2,3)10-11-17-15(21)18-13-7-4-12(5-8-13)6-9-14(19)20/h4-9H,10-11H2,1-3H3,(H,19,20)(H2,17,18,21)/b9-6+. The number of carbonyl (C=O) groups is 2. The first-order valence-electron chi connectivity index (χ1n) is 6.82. The Hall–Kier alpha value is -2.30. The van der Waals surface area contributed by atoms with Crippen molar-refractivity contribution >= 4 is 23.8 Å². The molecular formula is C16H22N2O3. The van der Waals surface area contributed by atoms with Crippen LogP contribution in [0, 0.1) is 5.41 Å². The van der Waals surface area contributed by atoms with Crippen LogP contribution in [0.2, 0.25) is 0 Å². The van der Waals surface area contributed by atoms with Gasteiger partial charge >= 0.3 is 12.0 Å². The van der Waals surface area contributed by atoms with Crippen LogP contribution in [-0.2, 0) is 4.79 Å². The second-order valence-electron chi connectivity index (χ2n) is 5.99. The minimum Gasteiger partial charge on any atom is -0.478 e. The highest BCUT2D eigenvalue weighted by molar-refractivity contribution is 5.89. The van der Waals surface area contributed by atoms with Crippen LogP contribution in [0.5, 0.6) is 0 Å². The predicted octanol–water partition coefficient (Wildman–Crippen LogP) is 3.34. The number of benzene rings is 1. The van der Waals surface area contributed by atoms with Crippen LogP contribution in [0.4, 0.5) is 10.5 Å². The lowest BCUT2D eigenvalue weighted by atomic mass is 9.92. The molecule has 5 nitrogen and oxygen atoms in total. The zero-order valence-corrected chi connectivity index (χ0v) is 12.6. The molecule has 0 aliphatic carbocycles. The van der Waals surface area contributed by atoms with Crippen LogP contribution in [0.3, 0.4) is 0 Å². The van der Waals surface area contributed by atoms with Gasteiger partial charge in [-0.1, -0.05) is 32.9 Å². The molecule has 0 aliphatic rings. The Morgan fingerprint density at radius 3 is 2.33 bits per heavy atom. The fraction of sp³-hybridized carbons (Fsp3) is 0.375. The molecule has 0 heterocycles. The maximum Gasteiger partial charge on any atom is 0.328 e. The molecule has 0 saturated carbocycles. The van der Waals surface area contributed by atoms with Gasteiger partial charge in [0.05, 0.1) is 0 Å². The average Bonchev–Trinajstić information content (AvgIpc) is 2.36. The molecule has 21 heavy (non-hydrogen) atoms. The van der Waals surface area contributed by atoms with E-state index >= 15 is 0 Å². The summed E-state index contributed by atoms with van der Waals surface area (Å²) in [5.74, 6) is -0.990. The van der Waals surface area contributed by atoms with Crippen molar-refractivity contribution in [3.05, 3.63) is 35.9 Å². The van der Waals surface area contributed by atoms with E-state index in [-0.39, 0.29) is 11.4 Å². The number of carboxylic acid groups (broad SMARTS) is 1. The van der Waals surface area contributed by atoms with E-state index in [1.54, 1.807) is 24.3 Å². The summed E-state index contributed by atoms with van der Waals surface area (Å²) in [6, 6.07) is 6.69. The van der Waals surface area contributed by atoms with Gasteiger partial charge in [-0.25, -0.2) is 9.59 Å². The van der Waals surface area contributed by atoms with Crippen molar-refractivity contribution in [2.45, 2.75) is 27.2 Å². The minimum absolute atomic E-state index is 0.186. The highest BCUT2D eigenvalue weighted by Crippen LogP contribution is 2.17. The predicted molar refractivity (Wildman–Crippen MR) is 84.2 cm³/mol. The number of anilines is 1. The second kappa shape index (κ2) is 7.47. The lowest BCUT2D eigenvalue weighted by Gasteiger charge is -2.18. The summed E-state index contributed by atoms with van der Waals surface area (Å²) < 4.78 is 0. The summed E-state index contributed by atoms with van der Waals surface area (Å²) in [7, 11) is 0. The number of carbonyl (C=O) groups excluding carboxylic acids is 1. The molecule has 0 unspecified atom stereocenters. The Morgan fingerprint density at radius 1 is 1.19 bits per heavy atom. The van der Waals surface area contributed by atoms with Gasteiger partial charge in [-0.2, -0.15) is 0 Å². The van der Waals surface area contributed by atoms with Crippen LogP contribution in [0.25, 0.3) is 6.08 Å². The summed E-state index contributed by atoms with van der Waals surface area (Å²) in [5, 5.41) is 14.1. The lowest BCUT2D eigenvalue weighted by Crippen LogP contribution is -2.31. The zero-order valence-electron chi connectivity index (χ0n) is 12.6. The van der Waals surface area contributed by atoms with Gasteiger partial charge in [0, 0.05) is 18.3 Å². The number of hydrogen-bond acceptors (Lipinski definition) is 2. The molecule has 3 N–H and O–H groups in total. The van der Waals surface area contributed by atoms with Gasteiger partial charge < -0.3 is 15.7 Å². The molecule has 0 saturated heterocycles. The fourth-order valence-electron chi connectivity index (χ4n) is 1.57. The largest absolute Gasteiger partial charge is 0.478 e. The number of amides is 2. The number of rotatable bonds is 5. The molecule has 1 rings (SSSR count). The topological polar surface area (TPSA) is 78.4 Å². The summed E-state index contributed by atoms with van der Waals surface area (Å²) in [6.07, 6.45) is 3.47.